The number of hydrogen-bond donors (Lipinski definition) is 0. The quantitative estimate of drug-likeness (QED) is 0.774. The summed E-state index contributed by atoms with van der Waals surface area (Å²) in [6, 6.07) is 11.1. The van der Waals surface area contributed by atoms with E-state index in [1.807, 2.05) is 0 Å². The Balaban J connectivity index is 1.80. The van der Waals surface area contributed by atoms with Gasteiger partial charge in [-0.3, -0.25) is 0 Å². The van der Waals surface area contributed by atoms with Gasteiger partial charge in [-0.25, -0.2) is 4.67 Å². The maximum Gasteiger partial charge on any atom is 0.260 e. The monoisotopic (exact) mass is 265 g/mol. The first-order valence-corrected chi connectivity index (χ1v) is 7.84. The molecule has 0 radical (unpaired) electrons. The average Bonchev–Trinajstić information content (AvgIpc) is 2.93. The maximum atomic E-state index is 6.19. The molecule has 0 amide bonds. The minimum atomic E-state index is -0.855. The van der Waals surface area contributed by atoms with Crippen molar-refractivity contribution in [2.45, 2.75) is 44.9 Å². The van der Waals surface area contributed by atoms with Gasteiger partial charge < -0.3 is 9.05 Å². The van der Waals surface area contributed by atoms with Gasteiger partial charge in [0.25, 0.3) is 8.53 Å². The lowest BCUT2D eigenvalue weighted by atomic mass is 10.0. The molecule has 0 bridgehead atoms. The zero-order chi connectivity index (χ0) is 12.5. The van der Waals surface area contributed by atoms with Crippen LogP contribution in [0.5, 0.6) is 0 Å². The summed E-state index contributed by atoms with van der Waals surface area (Å²) in [6.45, 7) is 5.27. The van der Waals surface area contributed by atoms with E-state index in [1.165, 1.54) is 18.4 Å². The van der Waals surface area contributed by atoms with Crippen molar-refractivity contribution in [1.29, 1.82) is 0 Å². The van der Waals surface area contributed by atoms with Crippen molar-refractivity contribution < 1.29 is 9.05 Å². The van der Waals surface area contributed by atoms with Crippen molar-refractivity contribution in [3.63, 3.8) is 0 Å². The van der Waals surface area contributed by atoms with Crippen LogP contribution in [0, 0.1) is 0 Å². The number of nitrogens with zero attached hydrogens (tertiary/aromatic N) is 1. The van der Waals surface area contributed by atoms with Crippen LogP contribution in [0.2, 0.25) is 0 Å². The van der Waals surface area contributed by atoms with Gasteiger partial charge in [0.1, 0.15) is 6.10 Å². The van der Waals surface area contributed by atoms with Crippen molar-refractivity contribution >= 4 is 8.53 Å². The minimum Gasteiger partial charge on any atom is -0.319 e. The van der Waals surface area contributed by atoms with E-state index < -0.39 is 8.53 Å². The van der Waals surface area contributed by atoms with Crippen LogP contribution < -0.4 is 0 Å². The van der Waals surface area contributed by atoms with Crippen molar-refractivity contribution in [1.82, 2.24) is 4.67 Å². The summed E-state index contributed by atoms with van der Waals surface area (Å²) in [5, 5.41) is 0. The third-order valence-corrected chi connectivity index (χ3v) is 5.39. The third-order valence-electron chi connectivity index (χ3n) is 3.46. The first kappa shape index (κ1) is 12.6. The zero-order valence-corrected chi connectivity index (χ0v) is 11.8. The Kier molecular flexibility index (Phi) is 3.67. The average molecular weight is 265 g/mol. The van der Waals surface area contributed by atoms with Crippen molar-refractivity contribution in [3.8, 4) is 0 Å². The van der Waals surface area contributed by atoms with E-state index in [9.17, 15) is 0 Å². The molecule has 2 aliphatic heterocycles. The van der Waals surface area contributed by atoms with Crippen LogP contribution in [-0.4, -0.2) is 23.4 Å². The molecule has 3 rings (SSSR count). The van der Waals surface area contributed by atoms with E-state index in [2.05, 4.69) is 48.8 Å². The predicted octanol–water partition coefficient (Wildman–Crippen LogP) is 3.87. The van der Waals surface area contributed by atoms with Crippen molar-refractivity contribution in [2.75, 3.05) is 6.54 Å². The molecule has 0 saturated carbocycles. The predicted molar refractivity (Wildman–Crippen MR) is 73.1 cm³/mol. The summed E-state index contributed by atoms with van der Waals surface area (Å²) >= 11 is 0. The van der Waals surface area contributed by atoms with Gasteiger partial charge in [-0.1, -0.05) is 30.3 Å². The highest BCUT2D eigenvalue weighted by Gasteiger charge is 2.47. The summed E-state index contributed by atoms with van der Waals surface area (Å²) in [4.78, 5) is 0. The molecule has 2 saturated heterocycles. The van der Waals surface area contributed by atoms with Crippen LogP contribution >= 0.6 is 8.53 Å². The highest BCUT2D eigenvalue weighted by Crippen LogP contribution is 2.60. The van der Waals surface area contributed by atoms with E-state index in [0.717, 1.165) is 6.54 Å². The SMILES string of the molecule is CC(C)O[P@]1O[C@@H](c2ccccc2)[C@H]2CCCN21. The number of hydrogen-bond acceptors (Lipinski definition) is 3. The number of benzene rings is 1. The Bertz CT molecular complexity index is 398. The Morgan fingerprint density at radius 2 is 2.11 bits per heavy atom. The Morgan fingerprint density at radius 1 is 1.33 bits per heavy atom. The fourth-order valence-corrected chi connectivity index (χ4v) is 4.60. The number of fused-ring (bicyclic) bond motifs is 1. The lowest BCUT2D eigenvalue weighted by Gasteiger charge is -2.21. The zero-order valence-electron chi connectivity index (χ0n) is 11.0. The Morgan fingerprint density at radius 3 is 2.83 bits per heavy atom. The topological polar surface area (TPSA) is 21.7 Å². The molecular formula is C14H20NO2P. The molecule has 0 spiro atoms. The van der Waals surface area contributed by atoms with Crippen LogP contribution in [0.25, 0.3) is 0 Å². The first-order chi connectivity index (χ1) is 8.75. The molecule has 2 fully saturated rings. The van der Waals surface area contributed by atoms with E-state index in [4.69, 9.17) is 9.05 Å². The highest BCUT2D eigenvalue weighted by atomic mass is 31.2. The molecule has 1 aromatic rings. The lowest BCUT2D eigenvalue weighted by molar-refractivity contribution is 0.174. The summed E-state index contributed by atoms with van der Waals surface area (Å²) in [5.41, 5.74) is 1.28. The van der Waals surface area contributed by atoms with E-state index in [0.29, 0.717) is 6.04 Å². The van der Waals surface area contributed by atoms with E-state index in [-0.39, 0.29) is 12.2 Å². The molecule has 1 aromatic carbocycles. The standard InChI is InChI=1S/C14H20NO2P/c1-11(2)16-18-15-10-6-9-13(15)14(17-18)12-7-4-3-5-8-12/h3-5,7-8,11,13-14H,6,9-10H2,1-2H3/t13-,14+,18-/m1/s1. The fraction of sp³-hybridized carbons (Fsp3) is 0.571. The van der Waals surface area contributed by atoms with Crippen LogP contribution in [0.3, 0.4) is 0 Å². The van der Waals surface area contributed by atoms with Crippen LogP contribution in [0.1, 0.15) is 38.4 Å². The van der Waals surface area contributed by atoms with Crippen molar-refractivity contribution in [2.24, 2.45) is 0 Å². The van der Waals surface area contributed by atoms with Gasteiger partial charge in [-0.05, 0) is 32.3 Å². The summed E-state index contributed by atoms with van der Waals surface area (Å²) in [7, 11) is -0.855. The first-order valence-electron chi connectivity index (χ1n) is 6.71. The third kappa shape index (κ3) is 2.33. The Labute approximate surface area is 110 Å². The molecule has 3 atom stereocenters. The van der Waals surface area contributed by atoms with Crippen LogP contribution in [-0.2, 0) is 9.05 Å². The molecular weight excluding hydrogens is 245 g/mol. The van der Waals surface area contributed by atoms with Gasteiger partial charge in [0.2, 0.25) is 0 Å². The second-order valence-corrected chi connectivity index (χ2v) is 6.61. The largest absolute Gasteiger partial charge is 0.319 e. The summed E-state index contributed by atoms with van der Waals surface area (Å²) in [6.07, 6.45) is 2.91. The van der Waals surface area contributed by atoms with Gasteiger partial charge in [-0.15, -0.1) is 0 Å². The van der Waals surface area contributed by atoms with Gasteiger partial charge in [0.15, 0.2) is 0 Å². The minimum absolute atomic E-state index is 0.193. The maximum absolute atomic E-state index is 6.19. The van der Waals surface area contributed by atoms with Gasteiger partial charge in [0, 0.05) is 12.6 Å². The molecule has 2 heterocycles. The molecule has 2 aliphatic rings. The molecule has 0 N–H and O–H groups in total. The number of rotatable bonds is 3. The summed E-state index contributed by atoms with van der Waals surface area (Å²) < 4.78 is 14.6. The molecule has 18 heavy (non-hydrogen) atoms. The van der Waals surface area contributed by atoms with Crippen LogP contribution in [0.15, 0.2) is 30.3 Å². The van der Waals surface area contributed by atoms with Crippen LogP contribution in [0.4, 0.5) is 0 Å². The van der Waals surface area contributed by atoms with E-state index >= 15 is 0 Å². The van der Waals surface area contributed by atoms with E-state index in [1.54, 1.807) is 0 Å². The molecule has 4 heteroatoms. The molecule has 0 aliphatic carbocycles. The fourth-order valence-electron chi connectivity index (χ4n) is 2.71. The normalized spacial score (nSPS) is 32.1. The van der Waals surface area contributed by atoms with Gasteiger partial charge in [0.05, 0.1) is 6.10 Å². The Hall–Kier alpha value is -0.470. The highest BCUT2D eigenvalue weighted by molar-refractivity contribution is 7.44. The molecule has 0 aromatic heterocycles. The van der Waals surface area contributed by atoms with Gasteiger partial charge in [-0.2, -0.15) is 0 Å². The summed E-state index contributed by atoms with van der Waals surface area (Å²) in [5.74, 6) is 0. The lowest BCUT2D eigenvalue weighted by Crippen LogP contribution is -2.23. The van der Waals surface area contributed by atoms with Gasteiger partial charge >= 0.3 is 0 Å². The van der Waals surface area contributed by atoms with Crippen molar-refractivity contribution in [3.05, 3.63) is 35.9 Å². The second-order valence-electron chi connectivity index (χ2n) is 5.20. The smallest absolute Gasteiger partial charge is 0.260 e. The molecule has 3 nitrogen and oxygen atoms in total. The molecule has 0 unspecified atom stereocenters. The second kappa shape index (κ2) is 5.26. The molecule has 98 valence electrons.